The molecule has 1 heterocycles. The van der Waals surface area contributed by atoms with Gasteiger partial charge in [-0.1, -0.05) is 49.7 Å². The third-order valence-electron chi connectivity index (χ3n) is 3.89. The number of rotatable bonds is 6. The minimum Gasteiger partial charge on any atom is -0.544 e. The number of nitrogens with one attached hydrogen (secondary N) is 1. The maximum Gasteiger partial charge on any atom is 0.213 e. The summed E-state index contributed by atoms with van der Waals surface area (Å²) in [5, 5.41) is 19.3. The fraction of sp³-hybridized carbons (Fsp3) is 0.150. The Morgan fingerprint density at radius 1 is 1.15 bits per heavy atom. The van der Waals surface area contributed by atoms with E-state index in [-0.39, 0.29) is 4.91 Å². The van der Waals surface area contributed by atoms with E-state index < -0.39 is 5.97 Å². The molecule has 1 N–H and O–H groups in total. The summed E-state index contributed by atoms with van der Waals surface area (Å²) in [6, 6.07) is 14.9. The van der Waals surface area contributed by atoms with Crippen molar-refractivity contribution in [3.63, 3.8) is 0 Å². The average Bonchev–Trinajstić information content (AvgIpc) is 3.10. The van der Waals surface area contributed by atoms with Gasteiger partial charge in [0.25, 0.3) is 0 Å². The van der Waals surface area contributed by atoms with E-state index in [4.69, 9.17) is 11.6 Å². The maximum absolute atomic E-state index is 11.5. The first-order valence-corrected chi connectivity index (χ1v) is 9.51. The number of thioether (sulfide) groups is 1. The third-order valence-corrected chi connectivity index (χ3v) is 5.01. The molecule has 5 nitrogen and oxygen atoms in total. The van der Waals surface area contributed by atoms with Crippen LogP contribution in [0.5, 0.6) is 0 Å². The Bertz CT molecular complexity index is 964. The van der Waals surface area contributed by atoms with Crippen molar-refractivity contribution < 1.29 is 9.90 Å². The molecule has 0 atom stereocenters. The van der Waals surface area contributed by atoms with Crippen LogP contribution in [0.15, 0.2) is 58.6 Å². The summed E-state index contributed by atoms with van der Waals surface area (Å²) in [4.78, 5) is 15.9. The molecule has 138 valence electrons. The molecule has 0 radical (unpaired) electrons. The zero-order valence-corrected chi connectivity index (χ0v) is 16.3. The van der Waals surface area contributed by atoms with Crippen LogP contribution in [-0.2, 0) is 4.79 Å². The topological polar surface area (TPSA) is 81.7 Å². The van der Waals surface area contributed by atoms with Crippen molar-refractivity contribution >= 4 is 35.4 Å². The van der Waals surface area contributed by atoms with Crippen LogP contribution < -0.4 is 5.11 Å². The van der Waals surface area contributed by atoms with Gasteiger partial charge in [-0.15, -0.1) is 5.10 Å². The first-order chi connectivity index (χ1) is 12.9. The maximum atomic E-state index is 11.5. The van der Waals surface area contributed by atoms with Crippen LogP contribution in [0.2, 0.25) is 5.02 Å². The Kier molecular flexibility index (Phi) is 5.98. The van der Waals surface area contributed by atoms with E-state index in [0.29, 0.717) is 21.9 Å². The van der Waals surface area contributed by atoms with E-state index in [1.807, 2.05) is 36.4 Å². The lowest BCUT2D eigenvalue weighted by molar-refractivity contribution is -0.297. The highest BCUT2D eigenvalue weighted by Gasteiger charge is 2.10. The fourth-order valence-electron chi connectivity index (χ4n) is 2.39. The zero-order valence-electron chi connectivity index (χ0n) is 14.8. The van der Waals surface area contributed by atoms with E-state index in [1.165, 1.54) is 5.56 Å². The van der Waals surface area contributed by atoms with Crippen LogP contribution in [0, 0.1) is 0 Å². The summed E-state index contributed by atoms with van der Waals surface area (Å²) in [5.41, 5.74) is 2.78. The lowest BCUT2D eigenvalue weighted by atomic mass is 10.0. The summed E-state index contributed by atoms with van der Waals surface area (Å²) < 4.78 is 0. The molecule has 3 rings (SSSR count). The van der Waals surface area contributed by atoms with Crippen molar-refractivity contribution in [3.8, 4) is 11.4 Å². The second kappa shape index (κ2) is 8.41. The standard InChI is InChI=1S/C20H18ClN3O2S/c1-12(2)14-5-3-13(4-6-14)11-17(19(25)26)27-20-22-18(23-24-20)15-7-9-16(21)10-8-15/h3-12H,1-2H3,(H,25,26)(H,22,23,24)/p-1/b17-11-. The predicted molar refractivity (Wildman–Crippen MR) is 106 cm³/mol. The van der Waals surface area contributed by atoms with Crippen LogP contribution in [-0.4, -0.2) is 21.2 Å². The largest absolute Gasteiger partial charge is 0.544 e. The average molecular weight is 399 g/mol. The van der Waals surface area contributed by atoms with Crippen LogP contribution in [0.3, 0.4) is 0 Å². The second-order valence-electron chi connectivity index (χ2n) is 6.19. The van der Waals surface area contributed by atoms with Gasteiger partial charge in [0.15, 0.2) is 5.82 Å². The molecule has 0 amide bonds. The summed E-state index contributed by atoms with van der Waals surface area (Å²) in [6.07, 6.45) is 1.56. The first kappa shape index (κ1) is 19.2. The minimum absolute atomic E-state index is 0.0361. The van der Waals surface area contributed by atoms with Crippen molar-refractivity contribution in [3.05, 3.63) is 69.6 Å². The number of aromatic amines is 1. The number of H-pyrrole nitrogens is 1. The summed E-state index contributed by atoms with van der Waals surface area (Å²) >= 11 is 6.82. The molecule has 0 saturated carbocycles. The van der Waals surface area contributed by atoms with Gasteiger partial charge in [0, 0.05) is 15.5 Å². The minimum atomic E-state index is -1.27. The van der Waals surface area contributed by atoms with Gasteiger partial charge in [0.1, 0.15) is 0 Å². The van der Waals surface area contributed by atoms with Crippen molar-refractivity contribution in [2.75, 3.05) is 0 Å². The molecule has 0 aliphatic heterocycles. The van der Waals surface area contributed by atoms with Gasteiger partial charge >= 0.3 is 0 Å². The van der Waals surface area contributed by atoms with Crippen molar-refractivity contribution in [2.45, 2.75) is 24.9 Å². The Balaban J connectivity index is 1.80. The quantitative estimate of drug-likeness (QED) is 0.498. The van der Waals surface area contributed by atoms with Crippen molar-refractivity contribution in [1.82, 2.24) is 15.2 Å². The summed E-state index contributed by atoms with van der Waals surface area (Å²) in [7, 11) is 0. The number of carboxylic acids is 1. The number of nitrogens with zero attached hydrogens (tertiary/aromatic N) is 2. The lowest BCUT2D eigenvalue weighted by Crippen LogP contribution is -2.23. The van der Waals surface area contributed by atoms with E-state index in [0.717, 1.165) is 22.9 Å². The predicted octanol–water partition coefficient (Wildman–Crippen LogP) is 4.13. The number of aliphatic carboxylic acids is 1. The van der Waals surface area contributed by atoms with Gasteiger partial charge in [-0.25, -0.2) is 4.98 Å². The van der Waals surface area contributed by atoms with E-state index in [2.05, 4.69) is 29.0 Å². The number of carbonyl (C=O) groups excluding carboxylic acids is 1. The molecule has 7 heteroatoms. The molecule has 3 aromatic rings. The number of aromatic nitrogens is 3. The molecule has 1 aromatic heterocycles. The molecule has 0 unspecified atom stereocenters. The zero-order chi connectivity index (χ0) is 19.4. The molecule has 0 aliphatic carbocycles. The molecular weight excluding hydrogens is 382 g/mol. The number of hydrogen-bond acceptors (Lipinski definition) is 5. The van der Waals surface area contributed by atoms with Crippen molar-refractivity contribution in [2.24, 2.45) is 0 Å². The Labute approximate surface area is 166 Å². The van der Waals surface area contributed by atoms with Gasteiger partial charge in [0.05, 0.1) is 5.97 Å². The number of carbonyl (C=O) groups is 1. The molecule has 0 bridgehead atoms. The third kappa shape index (κ3) is 4.99. The highest BCUT2D eigenvalue weighted by atomic mass is 35.5. The highest BCUT2D eigenvalue weighted by Crippen LogP contribution is 2.27. The molecule has 27 heavy (non-hydrogen) atoms. The second-order valence-corrected chi connectivity index (χ2v) is 7.64. The molecule has 2 aromatic carbocycles. The van der Waals surface area contributed by atoms with Gasteiger partial charge < -0.3 is 9.90 Å². The number of hydrogen-bond donors (Lipinski definition) is 1. The summed E-state index contributed by atoms with van der Waals surface area (Å²) in [6.45, 7) is 4.21. The van der Waals surface area contributed by atoms with Gasteiger partial charge in [0.2, 0.25) is 5.16 Å². The first-order valence-electron chi connectivity index (χ1n) is 8.31. The fourth-order valence-corrected chi connectivity index (χ4v) is 3.22. The van der Waals surface area contributed by atoms with E-state index in [9.17, 15) is 9.90 Å². The highest BCUT2D eigenvalue weighted by molar-refractivity contribution is 8.04. The van der Waals surface area contributed by atoms with Gasteiger partial charge in [-0.3, -0.25) is 5.10 Å². The Morgan fingerprint density at radius 3 is 2.41 bits per heavy atom. The smallest absolute Gasteiger partial charge is 0.213 e. The van der Waals surface area contributed by atoms with E-state index >= 15 is 0 Å². The molecule has 0 fully saturated rings. The summed E-state index contributed by atoms with van der Waals surface area (Å²) in [5.74, 6) is -0.323. The van der Waals surface area contributed by atoms with Crippen LogP contribution in [0.1, 0.15) is 30.9 Å². The van der Waals surface area contributed by atoms with Crippen LogP contribution >= 0.6 is 23.4 Å². The Morgan fingerprint density at radius 2 is 1.81 bits per heavy atom. The number of benzene rings is 2. The van der Waals surface area contributed by atoms with E-state index in [1.54, 1.807) is 18.2 Å². The molecule has 0 saturated heterocycles. The normalized spacial score (nSPS) is 11.8. The van der Waals surface area contributed by atoms with Crippen LogP contribution in [0.25, 0.3) is 17.5 Å². The van der Waals surface area contributed by atoms with Crippen LogP contribution in [0.4, 0.5) is 0 Å². The van der Waals surface area contributed by atoms with Crippen molar-refractivity contribution in [1.29, 1.82) is 0 Å². The van der Waals surface area contributed by atoms with Gasteiger partial charge in [-0.2, -0.15) is 0 Å². The lowest BCUT2D eigenvalue weighted by Gasteiger charge is -2.08. The number of carboxylic acid groups (broad SMARTS) is 1. The monoisotopic (exact) mass is 398 g/mol. The number of halogens is 1. The molecular formula is C20H17ClN3O2S-. The van der Waals surface area contributed by atoms with Gasteiger partial charge in [-0.05, 0) is 59.1 Å². The SMILES string of the molecule is CC(C)c1ccc(/C=C(\Sc2n[nH]c(-c3ccc(Cl)cc3)n2)C(=O)[O-])cc1. The molecule has 0 aliphatic rings. The molecule has 0 spiro atoms. The Hall–Kier alpha value is -2.57.